The summed E-state index contributed by atoms with van der Waals surface area (Å²) in [5.74, 6) is 2.02. The van der Waals surface area contributed by atoms with Gasteiger partial charge in [-0.15, -0.1) is 24.8 Å². The monoisotopic (exact) mass is 240 g/mol. The molecular formula is C10H22Cl2N2. The molecule has 2 fully saturated rings. The Labute approximate surface area is 99.6 Å². The van der Waals surface area contributed by atoms with Crippen molar-refractivity contribution in [1.29, 1.82) is 0 Å². The Kier molecular flexibility index (Phi) is 7.13. The number of piperidine rings is 1. The number of rotatable bonds is 1. The normalized spacial score (nSPS) is 29.4. The molecule has 0 amide bonds. The molecule has 14 heavy (non-hydrogen) atoms. The van der Waals surface area contributed by atoms with Crippen molar-refractivity contribution in [2.24, 2.45) is 11.8 Å². The average molecular weight is 241 g/mol. The molecule has 1 atom stereocenters. The van der Waals surface area contributed by atoms with Gasteiger partial charge >= 0.3 is 0 Å². The van der Waals surface area contributed by atoms with Gasteiger partial charge in [0.25, 0.3) is 0 Å². The summed E-state index contributed by atoms with van der Waals surface area (Å²) in [5.41, 5.74) is 0. The minimum absolute atomic E-state index is 0. The van der Waals surface area contributed by atoms with Crippen LogP contribution in [0.25, 0.3) is 0 Å². The highest BCUT2D eigenvalue weighted by Gasteiger charge is 2.27. The fourth-order valence-electron chi connectivity index (χ4n) is 2.58. The first-order valence-corrected chi connectivity index (χ1v) is 5.25. The van der Waals surface area contributed by atoms with Gasteiger partial charge in [-0.2, -0.15) is 0 Å². The second kappa shape index (κ2) is 6.89. The number of hydrogen-bond acceptors (Lipinski definition) is 2. The lowest BCUT2D eigenvalue weighted by atomic mass is 9.84. The summed E-state index contributed by atoms with van der Waals surface area (Å²) in [6.45, 7) is 5.19. The smallest absolute Gasteiger partial charge is 0.00174 e. The lowest BCUT2D eigenvalue weighted by Crippen LogP contribution is -2.33. The van der Waals surface area contributed by atoms with E-state index in [0.717, 1.165) is 11.8 Å². The number of likely N-dealkylation sites (tertiary alicyclic amines) is 1. The van der Waals surface area contributed by atoms with Crippen LogP contribution in [-0.4, -0.2) is 38.1 Å². The van der Waals surface area contributed by atoms with Crippen LogP contribution in [0.3, 0.4) is 0 Å². The van der Waals surface area contributed by atoms with Crippen LogP contribution < -0.4 is 5.32 Å². The van der Waals surface area contributed by atoms with E-state index in [4.69, 9.17) is 0 Å². The Bertz CT molecular complexity index is 141. The SMILES string of the molecule is CN1CCC(C2CCNC2)CC1.Cl.Cl. The van der Waals surface area contributed by atoms with E-state index in [9.17, 15) is 0 Å². The van der Waals surface area contributed by atoms with Gasteiger partial charge in [0.2, 0.25) is 0 Å². The average Bonchev–Trinajstić information content (AvgIpc) is 2.58. The maximum Gasteiger partial charge on any atom is -0.00174 e. The maximum absolute atomic E-state index is 3.47. The molecule has 86 valence electrons. The third-order valence-electron chi connectivity index (χ3n) is 3.53. The predicted molar refractivity (Wildman–Crippen MR) is 65.7 cm³/mol. The van der Waals surface area contributed by atoms with E-state index in [2.05, 4.69) is 17.3 Å². The van der Waals surface area contributed by atoms with Gasteiger partial charge in [-0.3, -0.25) is 0 Å². The van der Waals surface area contributed by atoms with Crippen LogP contribution in [0.15, 0.2) is 0 Å². The first-order valence-electron chi connectivity index (χ1n) is 5.25. The van der Waals surface area contributed by atoms with Crippen molar-refractivity contribution < 1.29 is 0 Å². The molecule has 0 spiro atoms. The standard InChI is InChI=1S/C10H20N2.2ClH/c1-12-6-3-9(4-7-12)10-2-5-11-8-10;;/h9-11H,2-8H2,1H3;2*1H. The summed E-state index contributed by atoms with van der Waals surface area (Å²) in [6.07, 6.45) is 4.29. The van der Waals surface area contributed by atoms with Crippen LogP contribution >= 0.6 is 24.8 Å². The van der Waals surface area contributed by atoms with Crippen molar-refractivity contribution in [2.45, 2.75) is 19.3 Å². The van der Waals surface area contributed by atoms with E-state index < -0.39 is 0 Å². The van der Waals surface area contributed by atoms with Crippen molar-refractivity contribution in [3.8, 4) is 0 Å². The van der Waals surface area contributed by atoms with Crippen LogP contribution in [0.2, 0.25) is 0 Å². The minimum Gasteiger partial charge on any atom is -0.316 e. The molecule has 4 heteroatoms. The van der Waals surface area contributed by atoms with Crippen LogP contribution in [0, 0.1) is 11.8 Å². The van der Waals surface area contributed by atoms with E-state index in [1.54, 1.807) is 0 Å². The Balaban J connectivity index is 0.000000845. The molecule has 0 saturated carbocycles. The highest BCUT2D eigenvalue weighted by molar-refractivity contribution is 5.85. The van der Waals surface area contributed by atoms with Crippen LogP contribution in [0.1, 0.15) is 19.3 Å². The Morgan fingerprint density at radius 2 is 1.64 bits per heavy atom. The van der Waals surface area contributed by atoms with Crippen molar-refractivity contribution in [3.05, 3.63) is 0 Å². The summed E-state index contributed by atoms with van der Waals surface area (Å²) in [4.78, 5) is 2.46. The number of halogens is 2. The summed E-state index contributed by atoms with van der Waals surface area (Å²) < 4.78 is 0. The molecule has 2 saturated heterocycles. The van der Waals surface area contributed by atoms with Crippen LogP contribution in [-0.2, 0) is 0 Å². The summed E-state index contributed by atoms with van der Waals surface area (Å²) in [7, 11) is 2.24. The van der Waals surface area contributed by atoms with Crippen molar-refractivity contribution in [2.75, 3.05) is 33.2 Å². The second-order valence-electron chi connectivity index (χ2n) is 4.39. The number of nitrogens with one attached hydrogen (secondary N) is 1. The zero-order chi connectivity index (χ0) is 8.39. The molecule has 1 unspecified atom stereocenters. The highest BCUT2D eigenvalue weighted by atomic mass is 35.5. The van der Waals surface area contributed by atoms with Gasteiger partial charge in [-0.25, -0.2) is 0 Å². The zero-order valence-electron chi connectivity index (χ0n) is 8.87. The van der Waals surface area contributed by atoms with Crippen molar-refractivity contribution in [3.63, 3.8) is 0 Å². The molecule has 2 aliphatic heterocycles. The summed E-state index contributed by atoms with van der Waals surface area (Å²) in [5, 5.41) is 3.47. The molecule has 0 aromatic carbocycles. The van der Waals surface area contributed by atoms with E-state index >= 15 is 0 Å². The van der Waals surface area contributed by atoms with Crippen LogP contribution in [0.4, 0.5) is 0 Å². The molecule has 0 aromatic rings. The van der Waals surface area contributed by atoms with Gasteiger partial charge in [0.1, 0.15) is 0 Å². The molecule has 2 heterocycles. The molecule has 2 rings (SSSR count). The Hall–Kier alpha value is 0.500. The molecule has 2 aliphatic rings. The predicted octanol–water partition coefficient (Wildman–Crippen LogP) is 1.78. The van der Waals surface area contributed by atoms with Crippen LogP contribution in [0.5, 0.6) is 0 Å². The Morgan fingerprint density at radius 3 is 2.14 bits per heavy atom. The summed E-state index contributed by atoms with van der Waals surface area (Å²) >= 11 is 0. The van der Waals surface area contributed by atoms with Gasteiger partial charge in [-0.05, 0) is 64.3 Å². The van der Waals surface area contributed by atoms with Gasteiger partial charge in [-0.1, -0.05) is 0 Å². The molecule has 0 bridgehead atoms. The van der Waals surface area contributed by atoms with E-state index in [-0.39, 0.29) is 24.8 Å². The van der Waals surface area contributed by atoms with E-state index in [0.29, 0.717) is 0 Å². The second-order valence-corrected chi connectivity index (χ2v) is 4.39. The van der Waals surface area contributed by atoms with E-state index in [1.165, 1.54) is 45.4 Å². The van der Waals surface area contributed by atoms with Gasteiger partial charge in [0.05, 0.1) is 0 Å². The maximum atomic E-state index is 3.47. The third-order valence-corrected chi connectivity index (χ3v) is 3.53. The lowest BCUT2D eigenvalue weighted by molar-refractivity contribution is 0.178. The minimum atomic E-state index is 0. The zero-order valence-corrected chi connectivity index (χ0v) is 10.5. The molecule has 0 aliphatic carbocycles. The number of hydrogen-bond donors (Lipinski definition) is 1. The van der Waals surface area contributed by atoms with Gasteiger partial charge < -0.3 is 10.2 Å². The first-order chi connectivity index (χ1) is 5.86. The molecular weight excluding hydrogens is 219 g/mol. The fourth-order valence-corrected chi connectivity index (χ4v) is 2.58. The lowest BCUT2D eigenvalue weighted by Gasteiger charge is -2.32. The van der Waals surface area contributed by atoms with Crippen molar-refractivity contribution >= 4 is 24.8 Å². The molecule has 2 nitrogen and oxygen atoms in total. The molecule has 1 N–H and O–H groups in total. The fraction of sp³-hybridized carbons (Fsp3) is 1.00. The molecule has 0 radical (unpaired) electrons. The summed E-state index contributed by atoms with van der Waals surface area (Å²) in [6, 6.07) is 0. The number of nitrogens with zero attached hydrogens (tertiary/aromatic N) is 1. The van der Waals surface area contributed by atoms with Gasteiger partial charge in [0.15, 0.2) is 0 Å². The van der Waals surface area contributed by atoms with Crippen molar-refractivity contribution in [1.82, 2.24) is 10.2 Å². The molecule has 0 aromatic heterocycles. The van der Waals surface area contributed by atoms with E-state index in [1.807, 2.05) is 0 Å². The topological polar surface area (TPSA) is 15.3 Å². The first kappa shape index (κ1) is 14.5. The third kappa shape index (κ3) is 3.58. The quantitative estimate of drug-likeness (QED) is 0.752. The largest absolute Gasteiger partial charge is 0.316 e. The Morgan fingerprint density at radius 1 is 1.00 bits per heavy atom. The van der Waals surface area contributed by atoms with Gasteiger partial charge in [0, 0.05) is 0 Å². The highest BCUT2D eigenvalue weighted by Crippen LogP contribution is 2.28.